The van der Waals surface area contributed by atoms with E-state index in [1.807, 2.05) is 18.2 Å². The van der Waals surface area contributed by atoms with Gasteiger partial charge in [-0.1, -0.05) is 12.1 Å². The lowest BCUT2D eigenvalue weighted by Gasteiger charge is -2.06. The summed E-state index contributed by atoms with van der Waals surface area (Å²) in [6, 6.07) is 5.62. The Morgan fingerprint density at radius 3 is 3.08 bits per heavy atom. The predicted molar refractivity (Wildman–Crippen MR) is 47.2 cm³/mol. The number of rotatable bonds is 0. The van der Waals surface area contributed by atoms with E-state index in [2.05, 4.69) is 0 Å². The number of benzene rings is 1. The third-order valence-electron chi connectivity index (χ3n) is 1.96. The van der Waals surface area contributed by atoms with E-state index in [9.17, 15) is 4.91 Å². The van der Waals surface area contributed by atoms with Crippen molar-refractivity contribution in [2.45, 2.75) is 6.54 Å². The van der Waals surface area contributed by atoms with Gasteiger partial charge in [0.2, 0.25) is 12.7 Å². The molecule has 1 aliphatic heterocycles. The minimum Gasteiger partial charge on any atom is -0.398 e. The summed E-state index contributed by atoms with van der Waals surface area (Å²) < 4.78 is 0.891. The Hall–Kier alpha value is -1.64. The minimum atomic E-state index is 0.400. The van der Waals surface area contributed by atoms with Crippen LogP contribution in [-0.2, 0) is 6.54 Å². The molecule has 2 rings (SSSR count). The number of nitrogens with zero attached hydrogens (tertiary/aromatic N) is 1. The van der Waals surface area contributed by atoms with Crippen LogP contribution in [-0.4, -0.2) is 4.76 Å². The monoisotopic (exact) mass is 161 g/mol. The largest absolute Gasteiger partial charge is 0.398 e. The maximum atomic E-state index is 10.9. The van der Waals surface area contributed by atoms with Crippen molar-refractivity contribution in [3.05, 3.63) is 40.4 Å². The molecule has 3 nitrogen and oxygen atoms in total. The minimum absolute atomic E-state index is 0.400. The standard InChI is InChI=1S/C9H9N2O/c10-9-3-1-2-7-6-11(12)5-4-8(7)9/h1-5H,6,10H2/q+1. The first-order chi connectivity index (χ1) is 5.77. The van der Waals surface area contributed by atoms with E-state index in [1.54, 1.807) is 6.08 Å². The third kappa shape index (κ3) is 0.993. The second kappa shape index (κ2) is 2.44. The van der Waals surface area contributed by atoms with E-state index in [4.69, 9.17) is 5.73 Å². The van der Waals surface area contributed by atoms with E-state index < -0.39 is 0 Å². The maximum Gasteiger partial charge on any atom is 0.224 e. The van der Waals surface area contributed by atoms with Gasteiger partial charge >= 0.3 is 0 Å². The summed E-state index contributed by atoms with van der Waals surface area (Å²) in [5.74, 6) is 0. The predicted octanol–water partition coefficient (Wildman–Crippen LogP) is 1.53. The molecule has 0 saturated heterocycles. The maximum absolute atomic E-state index is 10.9. The van der Waals surface area contributed by atoms with Crippen molar-refractivity contribution in [1.29, 1.82) is 0 Å². The summed E-state index contributed by atoms with van der Waals surface area (Å²) >= 11 is 0. The van der Waals surface area contributed by atoms with E-state index in [0.717, 1.165) is 21.6 Å². The van der Waals surface area contributed by atoms with Gasteiger partial charge in [-0.2, -0.15) is 0 Å². The Balaban J connectivity index is 2.60. The van der Waals surface area contributed by atoms with E-state index >= 15 is 0 Å². The lowest BCUT2D eigenvalue weighted by Crippen LogP contribution is -2.07. The van der Waals surface area contributed by atoms with Crippen LogP contribution in [0.1, 0.15) is 11.1 Å². The van der Waals surface area contributed by atoms with Crippen molar-refractivity contribution >= 4 is 11.8 Å². The van der Waals surface area contributed by atoms with Gasteiger partial charge in [0, 0.05) is 32.6 Å². The molecule has 1 aromatic rings. The van der Waals surface area contributed by atoms with Crippen molar-refractivity contribution in [2.24, 2.45) is 0 Å². The summed E-state index contributed by atoms with van der Waals surface area (Å²) in [7, 11) is 0. The van der Waals surface area contributed by atoms with E-state index in [1.165, 1.54) is 6.20 Å². The normalized spacial score (nSPS) is 14.5. The molecule has 0 fully saturated rings. The van der Waals surface area contributed by atoms with Gasteiger partial charge in [-0.15, -0.1) is 0 Å². The van der Waals surface area contributed by atoms with E-state index in [0.29, 0.717) is 6.54 Å². The van der Waals surface area contributed by atoms with Crippen LogP contribution < -0.4 is 5.73 Å². The summed E-state index contributed by atoms with van der Waals surface area (Å²) in [4.78, 5) is 10.9. The molecule has 0 amide bonds. The number of fused-ring (bicyclic) bond motifs is 1. The fourth-order valence-electron chi connectivity index (χ4n) is 1.35. The summed E-state index contributed by atoms with van der Waals surface area (Å²) in [6.07, 6.45) is 3.25. The van der Waals surface area contributed by atoms with Crippen LogP contribution in [0.2, 0.25) is 0 Å². The molecule has 0 atom stereocenters. The Labute approximate surface area is 70.1 Å². The average molecular weight is 161 g/mol. The van der Waals surface area contributed by atoms with Crippen molar-refractivity contribution in [2.75, 3.05) is 5.73 Å². The molecule has 1 aromatic carbocycles. The van der Waals surface area contributed by atoms with Crippen molar-refractivity contribution < 1.29 is 4.76 Å². The van der Waals surface area contributed by atoms with Crippen LogP contribution in [0.4, 0.5) is 5.69 Å². The summed E-state index contributed by atoms with van der Waals surface area (Å²) in [6.45, 7) is 0.400. The fraction of sp³-hybridized carbons (Fsp3) is 0.111. The first-order valence-corrected chi connectivity index (χ1v) is 3.77. The number of nitroso groups, excluding NO2 is 1. The lowest BCUT2D eigenvalue weighted by atomic mass is 10.0. The molecular formula is C9H9N2O+. The van der Waals surface area contributed by atoms with Gasteiger partial charge in [-0.05, 0) is 6.07 Å². The number of nitrogens with two attached hydrogens (primary N) is 1. The number of nitrogen functional groups attached to an aromatic ring is 1. The van der Waals surface area contributed by atoms with Gasteiger partial charge in [0.15, 0.2) is 0 Å². The molecule has 0 aliphatic carbocycles. The first-order valence-electron chi connectivity index (χ1n) is 3.77. The topological polar surface area (TPSA) is 46.1 Å². The Kier molecular flexibility index (Phi) is 1.43. The molecule has 0 bridgehead atoms. The SMILES string of the molecule is Nc1cccc2c1C=C[N+](=O)C2. The molecule has 0 radical (unpaired) electrons. The second-order valence-electron chi connectivity index (χ2n) is 2.81. The molecule has 0 spiro atoms. The molecule has 1 aliphatic rings. The second-order valence-corrected chi connectivity index (χ2v) is 2.81. The number of hydrogen-bond donors (Lipinski definition) is 1. The zero-order valence-electron chi connectivity index (χ0n) is 6.53. The molecule has 0 saturated carbocycles. The molecule has 0 unspecified atom stereocenters. The van der Waals surface area contributed by atoms with Crippen molar-refractivity contribution in [3.8, 4) is 0 Å². The Bertz CT molecular complexity index is 369. The lowest BCUT2D eigenvalue weighted by molar-refractivity contribution is -0.496. The van der Waals surface area contributed by atoms with E-state index in [-0.39, 0.29) is 0 Å². The highest BCUT2D eigenvalue weighted by atomic mass is 16.3. The summed E-state index contributed by atoms with van der Waals surface area (Å²) in [5, 5.41) is 0. The van der Waals surface area contributed by atoms with Crippen LogP contribution >= 0.6 is 0 Å². The van der Waals surface area contributed by atoms with Crippen molar-refractivity contribution in [3.63, 3.8) is 0 Å². The Morgan fingerprint density at radius 2 is 2.25 bits per heavy atom. The quantitative estimate of drug-likeness (QED) is 0.463. The van der Waals surface area contributed by atoms with Gasteiger partial charge in [0.05, 0.1) is 0 Å². The highest BCUT2D eigenvalue weighted by Gasteiger charge is 2.16. The van der Waals surface area contributed by atoms with Crippen LogP contribution in [0.15, 0.2) is 24.4 Å². The zero-order valence-corrected chi connectivity index (χ0v) is 6.53. The number of anilines is 1. The number of hydrogen-bond acceptors (Lipinski definition) is 2. The first kappa shape index (κ1) is 7.03. The van der Waals surface area contributed by atoms with Crippen LogP contribution in [0.25, 0.3) is 6.08 Å². The highest BCUT2D eigenvalue weighted by Crippen LogP contribution is 2.22. The molecule has 60 valence electrons. The van der Waals surface area contributed by atoms with Gasteiger partial charge in [0.25, 0.3) is 0 Å². The molecule has 1 heterocycles. The molecule has 2 N–H and O–H groups in total. The highest BCUT2D eigenvalue weighted by molar-refractivity contribution is 5.67. The van der Waals surface area contributed by atoms with Crippen LogP contribution in [0.3, 0.4) is 0 Å². The smallest absolute Gasteiger partial charge is 0.224 e. The molecule has 3 heteroatoms. The fourth-order valence-corrected chi connectivity index (χ4v) is 1.35. The summed E-state index contributed by atoms with van der Waals surface area (Å²) in [5.41, 5.74) is 8.42. The van der Waals surface area contributed by atoms with Crippen LogP contribution in [0.5, 0.6) is 0 Å². The van der Waals surface area contributed by atoms with Gasteiger partial charge in [-0.25, -0.2) is 0 Å². The third-order valence-corrected chi connectivity index (χ3v) is 1.96. The molecular weight excluding hydrogens is 152 g/mol. The van der Waals surface area contributed by atoms with Crippen molar-refractivity contribution in [1.82, 2.24) is 0 Å². The molecule has 12 heavy (non-hydrogen) atoms. The molecule has 0 aromatic heterocycles. The Morgan fingerprint density at radius 1 is 1.42 bits per heavy atom. The van der Waals surface area contributed by atoms with Gasteiger partial charge in [0.1, 0.15) is 0 Å². The zero-order chi connectivity index (χ0) is 8.55. The van der Waals surface area contributed by atoms with Gasteiger partial charge < -0.3 is 5.73 Å². The van der Waals surface area contributed by atoms with Crippen LogP contribution in [0, 0.1) is 4.91 Å². The average Bonchev–Trinajstić information content (AvgIpc) is 2.04. The van der Waals surface area contributed by atoms with Gasteiger partial charge in [-0.3, -0.25) is 0 Å².